The number of alkyl halides is 3. The Morgan fingerprint density at radius 3 is 2.44 bits per heavy atom. The number of pyridine rings is 2. The summed E-state index contributed by atoms with van der Waals surface area (Å²) in [6.07, 6.45) is -0.860. The Morgan fingerprint density at radius 2 is 1.81 bits per heavy atom. The van der Waals surface area contributed by atoms with Crippen LogP contribution in [0.25, 0.3) is 22.7 Å². The van der Waals surface area contributed by atoms with Crippen LogP contribution in [0.3, 0.4) is 0 Å². The van der Waals surface area contributed by atoms with Gasteiger partial charge < -0.3 is 9.47 Å². The first-order valence-corrected chi connectivity index (χ1v) is 11.6. The molecule has 3 aromatic heterocycles. The Balaban J connectivity index is 1.88. The van der Waals surface area contributed by atoms with Gasteiger partial charge in [0.25, 0.3) is 5.91 Å². The van der Waals surface area contributed by atoms with Gasteiger partial charge in [0.1, 0.15) is 11.2 Å². The normalized spacial score (nSPS) is 15.0. The number of hydrogen-bond acceptors (Lipinski definition) is 6. The Morgan fingerprint density at radius 1 is 1.12 bits per heavy atom. The van der Waals surface area contributed by atoms with Crippen LogP contribution in [0.1, 0.15) is 35.7 Å². The number of imidazole rings is 1. The van der Waals surface area contributed by atoms with Crippen LogP contribution in [-0.4, -0.2) is 57.6 Å². The molecule has 0 atom stereocenters. The quantitative estimate of drug-likeness (QED) is 0.585. The van der Waals surface area contributed by atoms with Gasteiger partial charge in [0.05, 0.1) is 21.8 Å². The van der Waals surface area contributed by atoms with Gasteiger partial charge in [-0.1, -0.05) is 6.92 Å². The van der Waals surface area contributed by atoms with Crippen LogP contribution in [0.4, 0.5) is 13.2 Å². The minimum Gasteiger partial charge on any atom is -0.339 e. The number of aryl methyl sites for hydroxylation is 1. The fraction of sp³-hybridized carbons (Fsp3) is 0.400. The van der Waals surface area contributed by atoms with Crippen LogP contribution in [0.5, 0.6) is 0 Å². The first-order valence-electron chi connectivity index (χ1n) is 9.95. The lowest BCUT2D eigenvalue weighted by Gasteiger charge is -2.16. The van der Waals surface area contributed by atoms with E-state index in [9.17, 15) is 26.4 Å². The van der Waals surface area contributed by atoms with Crippen molar-refractivity contribution in [3.63, 3.8) is 0 Å². The molecule has 0 N–H and O–H groups in total. The lowest BCUT2D eigenvalue weighted by molar-refractivity contribution is -0.137. The molecule has 1 fully saturated rings. The zero-order chi connectivity index (χ0) is 23.3. The van der Waals surface area contributed by atoms with E-state index in [2.05, 4.69) is 15.0 Å². The van der Waals surface area contributed by atoms with Crippen molar-refractivity contribution in [2.75, 3.05) is 18.8 Å². The van der Waals surface area contributed by atoms with Crippen LogP contribution in [-0.2, 0) is 23.1 Å². The molecule has 12 heteroatoms. The van der Waals surface area contributed by atoms with Crippen molar-refractivity contribution in [1.82, 2.24) is 24.4 Å². The lowest BCUT2D eigenvalue weighted by atomic mass is 10.2. The topological polar surface area (TPSA) is 98.1 Å². The van der Waals surface area contributed by atoms with E-state index in [4.69, 9.17) is 0 Å². The SMILES string of the molecule is CCS(=O)(=O)c1cc(C(=O)N2CCCC2)cnc1-c1nc2cc(C(F)(F)F)cnc2n1C. The summed E-state index contributed by atoms with van der Waals surface area (Å²) < 4.78 is 66.2. The number of carbonyl (C=O) groups is 1. The summed E-state index contributed by atoms with van der Waals surface area (Å²) in [5, 5.41) is 0. The number of sulfone groups is 1. The number of nitrogens with zero attached hydrogens (tertiary/aromatic N) is 5. The zero-order valence-corrected chi connectivity index (χ0v) is 18.2. The van der Waals surface area contributed by atoms with Gasteiger partial charge in [-0.15, -0.1) is 0 Å². The van der Waals surface area contributed by atoms with Crippen molar-refractivity contribution >= 4 is 26.9 Å². The monoisotopic (exact) mass is 467 g/mol. The summed E-state index contributed by atoms with van der Waals surface area (Å²) in [6, 6.07) is 2.13. The van der Waals surface area contributed by atoms with Crippen LogP contribution in [0, 0.1) is 0 Å². The number of halogens is 3. The standard InChI is InChI=1S/C20H20F3N5O3S/c1-3-32(30,31)15-8-12(19(29)28-6-4-5-7-28)10-24-16(15)18-26-14-9-13(20(21,22)23)11-25-17(14)27(18)2/h8-11H,3-7H2,1-2H3. The summed E-state index contributed by atoms with van der Waals surface area (Å²) in [6.45, 7) is 2.64. The molecule has 8 nitrogen and oxygen atoms in total. The molecule has 170 valence electrons. The van der Waals surface area contributed by atoms with Gasteiger partial charge in [0.15, 0.2) is 21.3 Å². The molecule has 0 radical (unpaired) electrons. The highest BCUT2D eigenvalue weighted by molar-refractivity contribution is 7.91. The van der Waals surface area contributed by atoms with Gasteiger partial charge in [-0.25, -0.2) is 18.4 Å². The second-order valence-corrected chi connectivity index (χ2v) is 9.78. The van der Waals surface area contributed by atoms with Crippen molar-refractivity contribution in [2.45, 2.75) is 30.8 Å². The molecule has 1 saturated heterocycles. The number of amides is 1. The summed E-state index contributed by atoms with van der Waals surface area (Å²) >= 11 is 0. The predicted octanol–water partition coefficient (Wildman–Crippen LogP) is 3.08. The van der Waals surface area contributed by atoms with Gasteiger partial charge in [0, 0.05) is 32.5 Å². The molecular weight excluding hydrogens is 447 g/mol. The fourth-order valence-corrected chi connectivity index (χ4v) is 4.72. The summed E-state index contributed by atoms with van der Waals surface area (Å²) in [4.78, 5) is 26.5. The van der Waals surface area contributed by atoms with E-state index >= 15 is 0 Å². The van der Waals surface area contributed by atoms with Crippen LogP contribution >= 0.6 is 0 Å². The second kappa shape index (κ2) is 7.84. The molecule has 0 aromatic carbocycles. The van der Waals surface area contributed by atoms with Crippen molar-refractivity contribution in [2.24, 2.45) is 7.05 Å². The van der Waals surface area contributed by atoms with Crippen LogP contribution < -0.4 is 0 Å². The maximum Gasteiger partial charge on any atom is 0.417 e. The Kier molecular flexibility index (Phi) is 5.43. The van der Waals surface area contributed by atoms with Crippen molar-refractivity contribution in [3.8, 4) is 11.5 Å². The highest BCUT2D eigenvalue weighted by Gasteiger charge is 2.32. The third-order valence-corrected chi connectivity index (χ3v) is 7.20. The van der Waals surface area contributed by atoms with E-state index in [-0.39, 0.29) is 44.8 Å². The van der Waals surface area contributed by atoms with E-state index in [0.29, 0.717) is 19.3 Å². The molecule has 0 spiro atoms. The van der Waals surface area contributed by atoms with E-state index < -0.39 is 21.6 Å². The smallest absolute Gasteiger partial charge is 0.339 e. The zero-order valence-electron chi connectivity index (χ0n) is 17.3. The summed E-state index contributed by atoms with van der Waals surface area (Å²) in [7, 11) is -2.32. The minimum atomic E-state index is -4.59. The molecule has 0 aliphatic carbocycles. The molecule has 1 aliphatic heterocycles. The number of rotatable bonds is 4. The average molecular weight is 467 g/mol. The number of likely N-dealkylation sites (tertiary alicyclic amines) is 1. The molecule has 4 rings (SSSR count). The van der Waals surface area contributed by atoms with Crippen LogP contribution in [0.2, 0.25) is 0 Å². The molecule has 1 amide bonds. The maximum absolute atomic E-state index is 13.1. The number of fused-ring (bicyclic) bond motifs is 1. The lowest BCUT2D eigenvalue weighted by Crippen LogP contribution is -2.28. The number of carbonyl (C=O) groups excluding carboxylic acids is 1. The molecule has 1 aliphatic rings. The fourth-order valence-electron chi connectivity index (χ4n) is 3.67. The molecule has 0 unspecified atom stereocenters. The largest absolute Gasteiger partial charge is 0.417 e. The van der Waals surface area contributed by atoms with E-state index in [1.807, 2.05) is 0 Å². The van der Waals surface area contributed by atoms with Gasteiger partial charge in [-0.3, -0.25) is 9.78 Å². The van der Waals surface area contributed by atoms with Crippen molar-refractivity contribution in [3.05, 3.63) is 35.7 Å². The van der Waals surface area contributed by atoms with E-state index in [1.54, 1.807) is 4.90 Å². The summed E-state index contributed by atoms with van der Waals surface area (Å²) in [5.74, 6) is -0.515. The Bertz CT molecular complexity index is 1310. The molecule has 32 heavy (non-hydrogen) atoms. The molecule has 0 bridgehead atoms. The number of hydrogen-bond donors (Lipinski definition) is 0. The highest BCUT2D eigenvalue weighted by Crippen LogP contribution is 2.33. The van der Waals surface area contributed by atoms with E-state index in [1.165, 1.54) is 30.8 Å². The van der Waals surface area contributed by atoms with Gasteiger partial charge in [-0.05, 0) is 25.0 Å². The molecule has 0 saturated carbocycles. The predicted molar refractivity (Wildman–Crippen MR) is 110 cm³/mol. The first-order chi connectivity index (χ1) is 15.0. The Hall–Kier alpha value is -3.02. The van der Waals surface area contributed by atoms with Crippen molar-refractivity contribution in [1.29, 1.82) is 0 Å². The van der Waals surface area contributed by atoms with E-state index in [0.717, 1.165) is 18.9 Å². The summed E-state index contributed by atoms with van der Waals surface area (Å²) in [5.41, 5.74) is -0.767. The van der Waals surface area contributed by atoms with Crippen LogP contribution in [0.15, 0.2) is 29.4 Å². The van der Waals surface area contributed by atoms with Crippen molar-refractivity contribution < 1.29 is 26.4 Å². The average Bonchev–Trinajstić information content (AvgIpc) is 3.40. The van der Waals surface area contributed by atoms with Gasteiger partial charge in [0.2, 0.25) is 0 Å². The third kappa shape index (κ3) is 3.83. The van der Waals surface area contributed by atoms with Gasteiger partial charge in [-0.2, -0.15) is 13.2 Å². The van der Waals surface area contributed by atoms with Gasteiger partial charge >= 0.3 is 6.18 Å². The maximum atomic E-state index is 13.1. The number of aromatic nitrogens is 4. The third-order valence-electron chi connectivity index (χ3n) is 5.46. The Labute approximate surface area is 182 Å². The molecule has 4 heterocycles. The minimum absolute atomic E-state index is 0.0408. The highest BCUT2D eigenvalue weighted by atomic mass is 32.2. The first kappa shape index (κ1) is 22.2. The molecule has 3 aromatic rings. The second-order valence-electron chi connectivity index (χ2n) is 7.53. The molecular formula is C20H20F3N5O3S.